The van der Waals surface area contributed by atoms with Crippen LogP contribution in [0.1, 0.15) is 31.0 Å². The van der Waals surface area contributed by atoms with Gasteiger partial charge in [-0.25, -0.2) is 0 Å². The molecular weight excluding hydrogens is 340 g/mol. The highest BCUT2D eigenvalue weighted by Gasteiger charge is 2.19. The van der Waals surface area contributed by atoms with Gasteiger partial charge in [-0.3, -0.25) is 9.69 Å². The predicted molar refractivity (Wildman–Crippen MR) is 106 cm³/mol. The van der Waals surface area contributed by atoms with Crippen LogP contribution in [-0.4, -0.2) is 37.6 Å². The number of fused-ring (bicyclic) bond motifs is 1. The van der Waals surface area contributed by atoms with E-state index in [1.807, 2.05) is 48.3 Å². The van der Waals surface area contributed by atoms with Crippen molar-refractivity contribution in [2.24, 2.45) is 5.92 Å². The summed E-state index contributed by atoms with van der Waals surface area (Å²) in [5.74, 6) is 1.91. The normalized spacial score (nSPS) is 14.3. The second-order valence-electron chi connectivity index (χ2n) is 7.35. The lowest BCUT2D eigenvalue weighted by Gasteiger charge is -2.25. The topological polar surface area (TPSA) is 50.8 Å². The Balaban J connectivity index is 1.57. The summed E-state index contributed by atoms with van der Waals surface area (Å²) in [6, 6.07) is 16.1. The van der Waals surface area contributed by atoms with Gasteiger partial charge in [0.15, 0.2) is 11.5 Å². The van der Waals surface area contributed by atoms with Crippen molar-refractivity contribution in [3.63, 3.8) is 0 Å². The average Bonchev–Trinajstić information content (AvgIpc) is 2.66. The summed E-state index contributed by atoms with van der Waals surface area (Å²) in [4.78, 5) is 14.6. The number of ether oxygens (including phenoxy) is 2. The molecule has 3 rings (SSSR count). The molecule has 1 aliphatic heterocycles. The minimum Gasteiger partial charge on any atom is -0.486 e. The Morgan fingerprint density at radius 2 is 1.78 bits per heavy atom. The van der Waals surface area contributed by atoms with E-state index in [-0.39, 0.29) is 11.9 Å². The van der Waals surface area contributed by atoms with E-state index in [1.165, 1.54) is 0 Å². The van der Waals surface area contributed by atoms with Crippen LogP contribution in [0.2, 0.25) is 0 Å². The standard InChI is InChI=1S/C22H28N2O3/c1-16(2)22(18-7-5-4-6-8-18)23-21(25)15-24(3)14-17-9-10-19-20(13-17)27-12-11-26-19/h4-10,13,16,22H,11-12,14-15H2,1-3H3,(H,23,25)/t22-/m1/s1. The lowest BCUT2D eigenvalue weighted by atomic mass is 9.96. The van der Waals surface area contributed by atoms with Crippen molar-refractivity contribution < 1.29 is 14.3 Å². The number of hydrogen-bond acceptors (Lipinski definition) is 4. The molecule has 0 aliphatic carbocycles. The van der Waals surface area contributed by atoms with Crippen LogP contribution in [-0.2, 0) is 11.3 Å². The Morgan fingerprint density at radius 1 is 1.07 bits per heavy atom. The van der Waals surface area contributed by atoms with Crippen molar-refractivity contribution in [3.8, 4) is 11.5 Å². The zero-order chi connectivity index (χ0) is 19.2. The van der Waals surface area contributed by atoms with Crippen LogP contribution >= 0.6 is 0 Å². The minimum absolute atomic E-state index is 0.0152. The van der Waals surface area contributed by atoms with Crippen molar-refractivity contribution >= 4 is 5.91 Å². The maximum atomic E-state index is 12.6. The summed E-state index contributed by atoms with van der Waals surface area (Å²) < 4.78 is 11.2. The predicted octanol–water partition coefficient (Wildman–Crippen LogP) is 3.40. The van der Waals surface area contributed by atoms with E-state index < -0.39 is 0 Å². The van der Waals surface area contributed by atoms with Gasteiger partial charge >= 0.3 is 0 Å². The van der Waals surface area contributed by atoms with Gasteiger partial charge in [-0.2, -0.15) is 0 Å². The smallest absolute Gasteiger partial charge is 0.234 e. The maximum absolute atomic E-state index is 12.6. The van der Waals surface area contributed by atoms with Crippen LogP contribution in [0.5, 0.6) is 11.5 Å². The van der Waals surface area contributed by atoms with Gasteiger partial charge in [-0.05, 0) is 36.2 Å². The van der Waals surface area contributed by atoms with Crippen LogP contribution in [0.3, 0.4) is 0 Å². The lowest BCUT2D eigenvalue weighted by molar-refractivity contribution is -0.123. The van der Waals surface area contributed by atoms with Crippen LogP contribution in [0, 0.1) is 5.92 Å². The average molecular weight is 368 g/mol. The van der Waals surface area contributed by atoms with E-state index in [1.54, 1.807) is 0 Å². The summed E-state index contributed by atoms with van der Waals surface area (Å²) in [6.45, 7) is 6.41. The Morgan fingerprint density at radius 3 is 2.48 bits per heavy atom. The highest BCUT2D eigenvalue weighted by Crippen LogP contribution is 2.31. The third kappa shape index (κ3) is 5.23. The first-order valence-electron chi connectivity index (χ1n) is 9.44. The molecule has 1 heterocycles. The number of likely N-dealkylation sites (N-methyl/N-ethyl adjacent to an activating group) is 1. The molecule has 1 atom stereocenters. The highest BCUT2D eigenvalue weighted by molar-refractivity contribution is 5.78. The number of carbonyl (C=O) groups is 1. The number of nitrogens with one attached hydrogen (secondary N) is 1. The van der Waals surface area contributed by atoms with Crippen LogP contribution in [0.4, 0.5) is 0 Å². The van der Waals surface area contributed by atoms with E-state index in [2.05, 4.69) is 31.3 Å². The number of carbonyl (C=O) groups excluding carboxylic acids is 1. The fraction of sp³-hybridized carbons (Fsp3) is 0.409. The first kappa shape index (κ1) is 19.2. The van der Waals surface area contributed by atoms with Crippen molar-refractivity contribution in [2.45, 2.75) is 26.4 Å². The van der Waals surface area contributed by atoms with Gasteiger partial charge in [0.2, 0.25) is 5.91 Å². The van der Waals surface area contributed by atoms with Crippen molar-refractivity contribution in [1.82, 2.24) is 10.2 Å². The SMILES string of the molecule is CC(C)[C@@H](NC(=O)CN(C)Cc1ccc2c(c1)OCCO2)c1ccccc1. The fourth-order valence-electron chi connectivity index (χ4n) is 3.31. The molecule has 0 radical (unpaired) electrons. The third-order valence-electron chi connectivity index (χ3n) is 4.61. The highest BCUT2D eigenvalue weighted by atomic mass is 16.6. The quantitative estimate of drug-likeness (QED) is 0.814. The summed E-state index contributed by atoms with van der Waals surface area (Å²) in [5, 5.41) is 3.17. The van der Waals surface area contributed by atoms with Gasteiger partial charge in [-0.1, -0.05) is 50.2 Å². The molecule has 0 unspecified atom stereocenters. The first-order chi connectivity index (χ1) is 13.0. The summed E-state index contributed by atoms with van der Waals surface area (Å²) >= 11 is 0. The zero-order valence-corrected chi connectivity index (χ0v) is 16.3. The van der Waals surface area contributed by atoms with E-state index in [9.17, 15) is 4.79 Å². The molecule has 0 spiro atoms. The minimum atomic E-state index is 0.0152. The number of nitrogens with zero attached hydrogens (tertiary/aromatic N) is 1. The van der Waals surface area contributed by atoms with Gasteiger partial charge in [0.25, 0.3) is 0 Å². The monoisotopic (exact) mass is 368 g/mol. The molecule has 2 aromatic rings. The second-order valence-corrected chi connectivity index (χ2v) is 7.35. The number of benzene rings is 2. The van der Waals surface area contributed by atoms with Crippen molar-refractivity contribution in [2.75, 3.05) is 26.8 Å². The molecule has 0 bridgehead atoms. The molecule has 0 fully saturated rings. The lowest BCUT2D eigenvalue weighted by Crippen LogP contribution is -2.38. The van der Waals surface area contributed by atoms with Crippen LogP contribution in [0.25, 0.3) is 0 Å². The molecule has 5 heteroatoms. The molecule has 0 saturated carbocycles. The summed E-state index contributed by atoms with van der Waals surface area (Å²) in [7, 11) is 1.95. The molecule has 0 saturated heterocycles. The van der Waals surface area contributed by atoms with Gasteiger partial charge in [0.05, 0.1) is 12.6 Å². The van der Waals surface area contributed by atoms with Crippen molar-refractivity contribution in [3.05, 3.63) is 59.7 Å². The molecule has 1 amide bonds. The second kappa shape index (κ2) is 8.91. The molecule has 144 valence electrons. The number of amides is 1. The van der Waals surface area contributed by atoms with Crippen LogP contribution < -0.4 is 14.8 Å². The largest absolute Gasteiger partial charge is 0.486 e. The molecule has 1 aliphatic rings. The van der Waals surface area contributed by atoms with E-state index in [0.717, 1.165) is 22.6 Å². The Labute approximate surface area is 161 Å². The van der Waals surface area contributed by atoms with Gasteiger partial charge in [-0.15, -0.1) is 0 Å². The van der Waals surface area contributed by atoms with E-state index in [0.29, 0.717) is 32.2 Å². The van der Waals surface area contributed by atoms with Crippen molar-refractivity contribution in [1.29, 1.82) is 0 Å². The Kier molecular flexibility index (Phi) is 6.35. The fourth-order valence-corrected chi connectivity index (χ4v) is 3.31. The zero-order valence-electron chi connectivity index (χ0n) is 16.3. The maximum Gasteiger partial charge on any atom is 0.234 e. The summed E-state index contributed by atoms with van der Waals surface area (Å²) in [6.07, 6.45) is 0. The number of rotatable bonds is 7. The third-order valence-corrected chi connectivity index (χ3v) is 4.61. The molecule has 1 N–H and O–H groups in total. The Bertz CT molecular complexity index is 761. The van der Waals surface area contributed by atoms with Gasteiger partial charge in [0, 0.05) is 6.54 Å². The molecule has 0 aromatic heterocycles. The first-order valence-corrected chi connectivity index (χ1v) is 9.44. The van der Waals surface area contributed by atoms with Gasteiger partial charge in [0.1, 0.15) is 13.2 Å². The van der Waals surface area contributed by atoms with E-state index in [4.69, 9.17) is 9.47 Å². The van der Waals surface area contributed by atoms with E-state index >= 15 is 0 Å². The van der Waals surface area contributed by atoms with Crippen LogP contribution in [0.15, 0.2) is 48.5 Å². The molecule has 27 heavy (non-hydrogen) atoms. The summed E-state index contributed by atoms with van der Waals surface area (Å²) in [5.41, 5.74) is 2.23. The number of hydrogen-bond donors (Lipinski definition) is 1. The Hall–Kier alpha value is -2.53. The van der Waals surface area contributed by atoms with Gasteiger partial charge < -0.3 is 14.8 Å². The molecule has 5 nitrogen and oxygen atoms in total. The molecule has 2 aromatic carbocycles. The molecular formula is C22H28N2O3.